The summed E-state index contributed by atoms with van der Waals surface area (Å²) in [5.74, 6) is 0. The van der Waals surface area contributed by atoms with Crippen LogP contribution >= 0.6 is 0 Å². The molecular weight excluding hydrogens is 190 g/mol. The third-order valence-electron chi connectivity index (χ3n) is 3.34. The SMILES string of the molecule is CCC1(C)CC(NCCC(C)O)CCO1. The van der Waals surface area contributed by atoms with Crippen LogP contribution in [0.3, 0.4) is 0 Å². The van der Waals surface area contributed by atoms with E-state index in [9.17, 15) is 0 Å². The van der Waals surface area contributed by atoms with Gasteiger partial charge in [0.15, 0.2) is 0 Å². The molecule has 0 aromatic rings. The van der Waals surface area contributed by atoms with Gasteiger partial charge in [0.2, 0.25) is 0 Å². The molecular formula is C12H25NO2. The molecule has 1 aliphatic heterocycles. The first-order valence-electron chi connectivity index (χ1n) is 6.11. The van der Waals surface area contributed by atoms with Gasteiger partial charge in [-0.3, -0.25) is 0 Å². The van der Waals surface area contributed by atoms with Crippen molar-refractivity contribution in [2.75, 3.05) is 13.2 Å². The van der Waals surface area contributed by atoms with E-state index in [4.69, 9.17) is 9.84 Å². The van der Waals surface area contributed by atoms with Crippen LogP contribution < -0.4 is 5.32 Å². The molecule has 3 nitrogen and oxygen atoms in total. The average molecular weight is 215 g/mol. The maximum absolute atomic E-state index is 9.17. The van der Waals surface area contributed by atoms with E-state index in [1.165, 1.54) is 0 Å². The van der Waals surface area contributed by atoms with Crippen molar-refractivity contribution in [3.63, 3.8) is 0 Å². The predicted octanol–water partition coefficient (Wildman–Crippen LogP) is 1.69. The molecule has 90 valence electrons. The van der Waals surface area contributed by atoms with Crippen LogP contribution in [0.4, 0.5) is 0 Å². The lowest BCUT2D eigenvalue weighted by Gasteiger charge is -2.38. The third-order valence-corrected chi connectivity index (χ3v) is 3.34. The summed E-state index contributed by atoms with van der Waals surface area (Å²) in [4.78, 5) is 0. The molecule has 2 N–H and O–H groups in total. The highest BCUT2D eigenvalue weighted by atomic mass is 16.5. The van der Waals surface area contributed by atoms with Crippen molar-refractivity contribution in [2.24, 2.45) is 0 Å². The topological polar surface area (TPSA) is 41.5 Å². The van der Waals surface area contributed by atoms with Gasteiger partial charge in [0.1, 0.15) is 0 Å². The van der Waals surface area contributed by atoms with Crippen molar-refractivity contribution in [1.29, 1.82) is 0 Å². The number of ether oxygens (including phenoxy) is 1. The van der Waals surface area contributed by atoms with Crippen molar-refractivity contribution in [2.45, 2.75) is 64.2 Å². The Hall–Kier alpha value is -0.120. The smallest absolute Gasteiger partial charge is 0.0666 e. The second-order valence-electron chi connectivity index (χ2n) is 4.93. The van der Waals surface area contributed by atoms with E-state index >= 15 is 0 Å². The van der Waals surface area contributed by atoms with Gasteiger partial charge in [-0.15, -0.1) is 0 Å². The average Bonchev–Trinajstić information content (AvgIpc) is 2.17. The maximum atomic E-state index is 9.17. The molecule has 1 rings (SSSR count). The van der Waals surface area contributed by atoms with Crippen LogP contribution in [0.15, 0.2) is 0 Å². The fourth-order valence-electron chi connectivity index (χ4n) is 2.05. The van der Waals surface area contributed by atoms with Gasteiger partial charge in [-0.25, -0.2) is 0 Å². The van der Waals surface area contributed by atoms with Gasteiger partial charge < -0.3 is 15.2 Å². The monoisotopic (exact) mass is 215 g/mol. The molecule has 3 unspecified atom stereocenters. The van der Waals surface area contributed by atoms with Crippen molar-refractivity contribution >= 4 is 0 Å². The zero-order valence-corrected chi connectivity index (χ0v) is 10.3. The van der Waals surface area contributed by atoms with Gasteiger partial charge in [0.05, 0.1) is 11.7 Å². The molecule has 0 radical (unpaired) electrons. The van der Waals surface area contributed by atoms with Gasteiger partial charge in [0.25, 0.3) is 0 Å². The zero-order valence-electron chi connectivity index (χ0n) is 10.3. The van der Waals surface area contributed by atoms with E-state index in [1.807, 2.05) is 6.92 Å². The van der Waals surface area contributed by atoms with Crippen molar-refractivity contribution in [3.8, 4) is 0 Å². The fraction of sp³-hybridized carbons (Fsp3) is 1.00. The summed E-state index contributed by atoms with van der Waals surface area (Å²) in [5, 5.41) is 12.7. The van der Waals surface area contributed by atoms with E-state index in [2.05, 4.69) is 19.2 Å². The van der Waals surface area contributed by atoms with E-state index in [0.717, 1.165) is 38.8 Å². The van der Waals surface area contributed by atoms with Crippen LogP contribution in [0.25, 0.3) is 0 Å². The van der Waals surface area contributed by atoms with Crippen LogP contribution in [-0.2, 0) is 4.74 Å². The second-order valence-corrected chi connectivity index (χ2v) is 4.93. The highest BCUT2D eigenvalue weighted by molar-refractivity contribution is 4.85. The first-order chi connectivity index (χ1) is 7.06. The van der Waals surface area contributed by atoms with Crippen molar-refractivity contribution in [3.05, 3.63) is 0 Å². The second kappa shape index (κ2) is 5.83. The molecule has 0 aliphatic carbocycles. The van der Waals surface area contributed by atoms with Crippen LogP contribution in [0.1, 0.15) is 46.5 Å². The fourth-order valence-corrected chi connectivity index (χ4v) is 2.05. The van der Waals surface area contributed by atoms with E-state index in [0.29, 0.717) is 6.04 Å². The molecule has 0 bridgehead atoms. The number of hydrogen-bond acceptors (Lipinski definition) is 3. The lowest BCUT2D eigenvalue weighted by molar-refractivity contribution is -0.0780. The van der Waals surface area contributed by atoms with Gasteiger partial charge in [-0.1, -0.05) is 6.92 Å². The maximum Gasteiger partial charge on any atom is 0.0666 e. The van der Waals surface area contributed by atoms with Crippen molar-refractivity contribution < 1.29 is 9.84 Å². The van der Waals surface area contributed by atoms with Crippen molar-refractivity contribution in [1.82, 2.24) is 5.32 Å². The summed E-state index contributed by atoms with van der Waals surface area (Å²) < 4.78 is 5.78. The minimum Gasteiger partial charge on any atom is -0.393 e. The largest absolute Gasteiger partial charge is 0.393 e. The number of nitrogens with one attached hydrogen (secondary N) is 1. The van der Waals surface area contributed by atoms with E-state index in [1.54, 1.807) is 0 Å². The standard InChI is InChI=1S/C12H25NO2/c1-4-12(3)9-11(6-8-15-12)13-7-5-10(2)14/h10-11,13-14H,4-9H2,1-3H3. The van der Waals surface area contributed by atoms with E-state index in [-0.39, 0.29) is 11.7 Å². The van der Waals surface area contributed by atoms with Gasteiger partial charge in [-0.05, 0) is 46.1 Å². The van der Waals surface area contributed by atoms with Crippen LogP contribution in [0.2, 0.25) is 0 Å². The van der Waals surface area contributed by atoms with Gasteiger partial charge in [-0.2, -0.15) is 0 Å². The summed E-state index contributed by atoms with van der Waals surface area (Å²) in [6, 6.07) is 0.558. The molecule has 0 saturated carbocycles. The summed E-state index contributed by atoms with van der Waals surface area (Å²) in [6.45, 7) is 7.97. The Morgan fingerprint density at radius 3 is 2.93 bits per heavy atom. The number of aliphatic hydroxyl groups excluding tert-OH is 1. The summed E-state index contributed by atoms with van der Waals surface area (Å²) in [5.41, 5.74) is 0.0563. The minimum absolute atomic E-state index is 0.0563. The highest BCUT2D eigenvalue weighted by Gasteiger charge is 2.31. The number of aliphatic hydroxyl groups is 1. The molecule has 1 aliphatic rings. The van der Waals surface area contributed by atoms with Gasteiger partial charge >= 0.3 is 0 Å². The minimum atomic E-state index is -0.199. The quantitative estimate of drug-likeness (QED) is 0.733. The first-order valence-corrected chi connectivity index (χ1v) is 6.11. The molecule has 0 spiro atoms. The van der Waals surface area contributed by atoms with Crippen LogP contribution in [0, 0.1) is 0 Å². The molecule has 15 heavy (non-hydrogen) atoms. The molecule has 0 aromatic carbocycles. The van der Waals surface area contributed by atoms with Crippen LogP contribution in [-0.4, -0.2) is 36.0 Å². The summed E-state index contributed by atoms with van der Waals surface area (Å²) >= 11 is 0. The zero-order chi connectivity index (χ0) is 11.3. The molecule has 0 aromatic heterocycles. The Morgan fingerprint density at radius 2 is 2.33 bits per heavy atom. The molecule has 0 amide bonds. The lowest BCUT2D eigenvalue weighted by atomic mass is 9.90. The molecule has 3 heteroatoms. The Bertz CT molecular complexity index is 184. The lowest BCUT2D eigenvalue weighted by Crippen LogP contribution is -2.45. The number of rotatable bonds is 5. The molecule has 1 fully saturated rings. The molecule has 1 saturated heterocycles. The third kappa shape index (κ3) is 4.49. The highest BCUT2D eigenvalue weighted by Crippen LogP contribution is 2.27. The molecule has 3 atom stereocenters. The summed E-state index contributed by atoms with van der Waals surface area (Å²) in [6.07, 6.45) is 3.88. The number of hydrogen-bond donors (Lipinski definition) is 2. The van der Waals surface area contributed by atoms with E-state index < -0.39 is 0 Å². The Morgan fingerprint density at radius 1 is 1.60 bits per heavy atom. The van der Waals surface area contributed by atoms with Gasteiger partial charge in [0, 0.05) is 12.6 Å². The first kappa shape index (κ1) is 12.9. The normalized spacial score (nSPS) is 34.0. The van der Waals surface area contributed by atoms with Crippen LogP contribution in [0.5, 0.6) is 0 Å². The predicted molar refractivity (Wildman–Crippen MR) is 62.0 cm³/mol. The summed E-state index contributed by atoms with van der Waals surface area (Å²) in [7, 11) is 0. The Balaban J connectivity index is 2.24. The Labute approximate surface area is 93.2 Å². The molecule has 1 heterocycles. The Kier molecular flexibility index (Phi) is 5.03.